The van der Waals surface area contributed by atoms with Gasteiger partial charge in [-0.1, -0.05) is 34.1 Å². The third-order valence-electron chi connectivity index (χ3n) is 4.49. The Morgan fingerprint density at radius 2 is 2.15 bits per heavy atom. The van der Waals surface area contributed by atoms with Gasteiger partial charge in [-0.3, -0.25) is 4.90 Å². The predicted octanol–water partition coefficient (Wildman–Crippen LogP) is 4.17. The van der Waals surface area contributed by atoms with E-state index in [9.17, 15) is 0 Å². The first-order valence-corrected chi connectivity index (χ1v) is 8.81. The van der Waals surface area contributed by atoms with E-state index < -0.39 is 0 Å². The molecule has 2 unspecified atom stereocenters. The fraction of sp³-hybridized carbons (Fsp3) is 0.765. The molecular formula is C17H30N2S. The Kier molecular flexibility index (Phi) is 5.27. The van der Waals surface area contributed by atoms with Crippen molar-refractivity contribution in [2.24, 2.45) is 11.7 Å². The molecule has 20 heavy (non-hydrogen) atoms. The second kappa shape index (κ2) is 6.59. The Balaban J connectivity index is 2.13. The average Bonchev–Trinajstić information content (AvgIpc) is 2.89. The maximum absolute atomic E-state index is 6.11. The zero-order chi connectivity index (χ0) is 14.8. The topological polar surface area (TPSA) is 29.3 Å². The average molecular weight is 295 g/mol. The van der Waals surface area contributed by atoms with E-state index >= 15 is 0 Å². The molecule has 2 heterocycles. The minimum atomic E-state index is 0.246. The van der Waals surface area contributed by atoms with Crippen LogP contribution in [0.5, 0.6) is 0 Å². The van der Waals surface area contributed by atoms with Crippen LogP contribution in [0, 0.1) is 5.92 Å². The lowest BCUT2D eigenvalue weighted by Gasteiger charge is -2.37. The van der Waals surface area contributed by atoms with E-state index in [-0.39, 0.29) is 5.41 Å². The molecule has 0 amide bonds. The molecule has 1 aliphatic heterocycles. The first-order valence-electron chi connectivity index (χ1n) is 8.00. The minimum Gasteiger partial charge on any atom is -0.329 e. The van der Waals surface area contributed by atoms with E-state index in [0.717, 1.165) is 12.5 Å². The van der Waals surface area contributed by atoms with Gasteiger partial charge in [0.2, 0.25) is 0 Å². The fourth-order valence-corrected chi connectivity index (χ4v) is 4.31. The smallest absolute Gasteiger partial charge is 0.0564 e. The van der Waals surface area contributed by atoms with Gasteiger partial charge < -0.3 is 5.73 Å². The second-order valence-corrected chi connectivity index (χ2v) is 8.23. The number of thiophene rings is 1. The number of hydrogen-bond acceptors (Lipinski definition) is 3. The normalized spacial score (nSPS) is 22.9. The van der Waals surface area contributed by atoms with Crippen LogP contribution in [0.1, 0.15) is 62.8 Å². The van der Waals surface area contributed by atoms with Crippen LogP contribution in [-0.4, -0.2) is 24.5 Å². The summed E-state index contributed by atoms with van der Waals surface area (Å²) in [5.41, 5.74) is 6.35. The second-order valence-electron chi connectivity index (χ2n) is 7.11. The summed E-state index contributed by atoms with van der Waals surface area (Å²) >= 11 is 1.95. The lowest BCUT2D eigenvalue weighted by molar-refractivity contribution is 0.126. The van der Waals surface area contributed by atoms with Gasteiger partial charge in [0.1, 0.15) is 0 Å². The lowest BCUT2D eigenvalue weighted by Crippen LogP contribution is -2.40. The van der Waals surface area contributed by atoms with E-state index in [2.05, 4.69) is 44.7 Å². The molecule has 2 nitrogen and oxygen atoms in total. The van der Waals surface area contributed by atoms with E-state index in [0.29, 0.717) is 6.04 Å². The van der Waals surface area contributed by atoms with Gasteiger partial charge in [-0.05, 0) is 42.9 Å². The van der Waals surface area contributed by atoms with Crippen LogP contribution in [0.3, 0.4) is 0 Å². The molecule has 0 spiro atoms. The van der Waals surface area contributed by atoms with Crippen LogP contribution in [-0.2, 0) is 5.41 Å². The molecule has 114 valence electrons. The highest BCUT2D eigenvalue weighted by atomic mass is 32.1. The minimum absolute atomic E-state index is 0.246. The molecule has 0 saturated carbocycles. The third kappa shape index (κ3) is 3.63. The lowest BCUT2D eigenvalue weighted by atomic mass is 9.94. The Morgan fingerprint density at radius 1 is 1.40 bits per heavy atom. The monoisotopic (exact) mass is 294 g/mol. The van der Waals surface area contributed by atoms with Crippen molar-refractivity contribution in [3.8, 4) is 0 Å². The number of likely N-dealkylation sites (tertiary alicyclic amines) is 1. The summed E-state index contributed by atoms with van der Waals surface area (Å²) in [4.78, 5) is 5.54. The Morgan fingerprint density at radius 3 is 2.70 bits per heavy atom. The van der Waals surface area contributed by atoms with E-state index in [1.54, 1.807) is 0 Å². The maximum Gasteiger partial charge on any atom is 0.0564 e. The van der Waals surface area contributed by atoms with Crippen molar-refractivity contribution in [1.82, 2.24) is 4.90 Å². The number of piperidine rings is 1. The van der Waals surface area contributed by atoms with Crippen molar-refractivity contribution in [2.75, 3.05) is 19.6 Å². The number of nitrogens with two attached hydrogens (primary N) is 1. The van der Waals surface area contributed by atoms with Crippen molar-refractivity contribution >= 4 is 11.3 Å². The highest BCUT2D eigenvalue weighted by Gasteiger charge is 2.27. The molecule has 0 bridgehead atoms. The first-order chi connectivity index (χ1) is 9.45. The summed E-state index contributed by atoms with van der Waals surface area (Å²) in [7, 11) is 0. The van der Waals surface area contributed by atoms with Crippen molar-refractivity contribution in [3.63, 3.8) is 0 Å². The van der Waals surface area contributed by atoms with Gasteiger partial charge in [0.15, 0.2) is 0 Å². The SMILES string of the molecule is CCC1CCCN(C(CN)c2ccc(C(C)(C)C)s2)C1. The Labute approximate surface area is 128 Å². The molecule has 1 aromatic rings. The van der Waals surface area contributed by atoms with Gasteiger partial charge in [-0.15, -0.1) is 11.3 Å². The quantitative estimate of drug-likeness (QED) is 0.903. The van der Waals surface area contributed by atoms with Gasteiger partial charge in [0, 0.05) is 22.8 Å². The van der Waals surface area contributed by atoms with Gasteiger partial charge in [0.05, 0.1) is 6.04 Å². The molecule has 1 aromatic heterocycles. The molecule has 2 atom stereocenters. The van der Waals surface area contributed by atoms with Crippen LogP contribution in [0.2, 0.25) is 0 Å². The van der Waals surface area contributed by atoms with Gasteiger partial charge in [0.25, 0.3) is 0 Å². The Hall–Kier alpha value is -0.380. The largest absolute Gasteiger partial charge is 0.329 e. The summed E-state index contributed by atoms with van der Waals surface area (Å²) in [6, 6.07) is 5.02. The summed E-state index contributed by atoms with van der Waals surface area (Å²) in [6.45, 7) is 12.3. The maximum atomic E-state index is 6.11. The highest BCUT2D eigenvalue weighted by Crippen LogP contribution is 2.35. The van der Waals surface area contributed by atoms with E-state index in [4.69, 9.17) is 5.73 Å². The molecule has 2 N–H and O–H groups in total. The van der Waals surface area contributed by atoms with Crippen LogP contribution >= 0.6 is 11.3 Å². The fourth-order valence-electron chi connectivity index (χ4n) is 3.09. The first kappa shape index (κ1) is 16.0. The standard InChI is InChI=1S/C17H30N2S/c1-5-13-7-6-10-19(12-13)14(11-18)15-8-9-16(20-15)17(2,3)4/h8-9,13-14H,5-7,10-12,18H2,1-4H3. The van der Waals surface area contributed by atoms with Gasteiger partial charge in [-0.25, -0.2) is 0 Å². The Bertz CT molecular complexity index is 419. The number of hydrogen-bond donors (Lipinski definition) is 1. The molecule has 0 radical (unpaired) electrons. The van der Waals surface area contributed by atoms with Crippen molar-refractivity contribution < 1.29 is 0 Å². The van der Waals surface area contributed by atoms with Crippen LogP contribution in [0.4, 0.5) is 0 Å². The molecular weight excluding hydrogens is 264 g/mol. The summed E-state index contributed by atoms with van der Waals surface area (Å²) < 4.78 is 0. The molecule has 1 aliphatic rings. The van der Waals surface area contributed by atoms with Crippen molar-refractivity contribution in [2.45, 2.75) is 58.4 Å². The summed E-state index contributed by atoms with van der Waals surface area (Å²) in [5.74, 6) is 0.861. The van der Waals surface area contributed by atoms with Crippen molar-refractivity contribution in [3.05, 3.63) is 21.9 Å². The van der Waals surface area contributed by atoms with Gasteiger partial charge in [-0.2, -0.15) is 0 Å². The van der Waals surface area contributed by atoms with Gasteiger partial charge >= 0.3 is 0 Å². The zero-order valence-electron chi connectivity index (χ0n) is 13.5. The molecule has 3 heteroatoms. The van der Waals surface area contributed by atoms with Crippen LogP contribution in [0.15, 0.2) is 12.1 Å². The zero-order valence-corrected chi connectivity index (χ0v) is 14.3. The summed E-state index contributed by atoms with van der Waals surface area (Å²) in [5, 5.41) is 0. The third-order valence-corrected chi connectivity index (χ3v) is 6.10. The molecule has 1 saturated heterocycles. The molecule has 0 aliphatic carbocycles. The van der Waals surface area contributed by atoms with Crippen LogP contribution in [0.25, 0.3) is 0 Å². The summed E-state index contributed by atoms with van der Waals surface area (Å²) in [6.07, 6.45) is 4.01. The number of nitrogens with zero attached hydrogens (tertiary/aromatic N) is 1. The van der Waals surface area contributed by atoms with Crippen molar-refractivity contribution in [1.29, 1.82) is 0 Å². The van der Waals surface area contributed by atoms with E-state index in [1.165, 1.54) is 42.1 Å². The highest BCUT2D eigenvalue weighted by molar-refractivity contribution is 7.12. The molecule has 2 rings (SSSR count). The predicted molar refractivity (Wildman–Crippen MR) is 89.4 cm³/mol. The number of rotatable bonds is 4. The van der Waals surface area contributed by atoms with Crippen LogP contribution < -0.4 is 5.73 Å². The molecule has 0 aromatic carbocycles. The molecule has 1 fully saturated rings. The van der Waals surface area contributed by atoms with E-state index in [1.807, 2.05) is 11.3 Å².